The first-order chi connectivity index (χ1) is 13.1. The van der Waals surface area contributed by atoms with Crippen LogP contribution in [0, 0.1) is 0 Å². The number of anilines is 1. The molecule has 1 aliphatic rings. The number of benzene rings is 2. The molecule has 0 aliphatic carbocycles. The highest BCUT2D eigenvalue weighted by Crippen LogP contribution is 2.26. The summed E-state index contributed by atoms with van der Waals surface area (Å²) in [4.78, 5) is 12.2. The van der Waals surface area contributed by atoms with Crippen LogP contribution in [0.2, 0.25) is 0 Å². The smallest absolute Gasteiger partial charge is 0.262 e. The van der Waals surface area contributed by atoms with E-state index in [0.29, 0.717) is 18.2 Å². The Morgan fingerprint density at radius 1 is 1.15 bits per heavy atom. The van der Waals surface area contributed by atoms with Crippen LogP contribution in [-0.2, 0) is 9.53 Å². The monoisotopic (exact) mass is 369 g/mol. The van der Waals surface area contributed by atoms with Crippen LogP contribution in [0.15, 0.2) is 48.5 Å². The van der Waals surface area contributed by atoms with Gasteiger partial charge in [0.05, 0.1) is 6.10 Å². The maximum Gasteiger partial charge on any atom is 0.262 e. The summed E-state index contributed by atoms with van der Waals surface area (Å²) < 4.78 is 17.0. The van der Waals surface area contributed by atoms with Crippen molar-refractivity contribution in [3.8, 4) is 11.5 Å². The van der Waals surface area contributed by atoms with Crippen molar-refractivity contribution in [2.75, 3.05) is 25.1 Å². The molecule has 1 heterocycles. The van der Waals surface area contributed by atoms with Gasteiger partial charge in [-0.05, 0) is 54.7 Å². The van der Waals surface area contributed by atoms with Gasteiger partial charge in [-0.1, -0.05) is 32.0 Å². The van der Waals surface area contributed by atoms with Crippen molar-refractivity contribution in [2.24, 2.45) is 0 Å². The minimum absolute atomic E-state index is 0.0268. The predicted octanol–water partition coefficient (Wildman–Crippen LogP) is 4.39. The van der Waals surface area contributed by atoms with E-state index in [2.05, 4.69) is 19.2 Å². The second kappa shape index (κ2) is 9.42. The van der Waals surface area contributed by atoms with E-state index in [-0.39, 0.29) is 18.6 Å². The zero-order chi connectivity index (χ0) is 19.1. The Morgan fingerprint density at radius 2 is 1.93 bits per heavy atom. The molecule has 0 aromatic heterocycles. The molecule has 0 saturated carbocycles. The Morgan fingerprint density at radius 3 is 2.63 bits per heavy atom. The number of hydrogen-bond donors (Lipinski definition) is 1. The SMILES string of the molecule is CC(C)c1ccccc1OCC(=O)Nc1ccc(OC[C@@H]2CCCO2)cc1. The van der Waals surface area contributed by atoms with Gasteiger partial charge in [0.2, 0.25) is 0 Å². The minimum Gasteiger partial charge on any atom is -0.491 e. The first-order valence-electron chi connectivity index (χ1n) is 9.48. The Hall–Kier alpha value is -2.53. The van der Waals surface area contributed by atoms with Crippen LogP contribution in [0.4, 0.5) is 5.69 Å². The van der Waals surface area contributed by atoms with Crippen molar-refractivity contribution in [1.82, 2.24) is 0 Å². The van der Waals surface area contributed by atoms with Gasteiger partial charge in [-0.2, -0.15) is 0 Å². The molecule has 0 spiro atoms. The number of hydrogen-bond acceptors (Lipinski definition) is 4. The molecular weight excluding hydrogens is 342 g/mol. The lowest BCUT2D eigenvalue weighted by Gasteiger charge is -2.14. The van der Waals surface area contributed by atoms with Gasteiger partial charge in [-0.25, -0.2) is 0 Å². The highest BCUT2D eigenvalue weighted by molar-refractivity contribution is 5.91. The first-order valence-corrected chi connectivity index (χ1v) is 9.48. The summed E-state index contributed by atoms with van der Waals surface area (Å²) >= 11 is 0. The van der Waals surface area contributed by atoms with Crippen LogP contribution >= 0.6 is 0 Å². The van der Waals surface area contributed by atoms with E-state index in [9.17, 15) is 4.79 Å². The number of amides is 1. The average Bonchev–Trinajstić information content (AvgIpc) is 3.19. The zero-order valence-electron chi connectivity index (χ0n) is 15.9. The molecule has 1 saturated heterocycles. The van der Waals surface area contributed by atoms with Crippen LogP contribution in [-0.4, -0.2) is 31.8 Å². The molecule has 5 heteroatoms. The van der Waals surface area contributed by atoms with Gasteiger partial charge in [0, 0.05) is 12.3 Å². The largest absolute Gasteiger partial charge is 0.491 e. The number of ether oxygens (including phenoxy) is 3. The number of carbonyl (C=O) groups excluding carboxylic acids is 1. The fourth-order valence-electron chi connectivity index (χ4n) is 3.03. The van der Waals surface area contributed by atoms with Crippen molar-refractivity contribution < 1.29 is 19.0 Å². The molecule has 0 radical (unpaired) electrons. The van der Waals surface area contributed by atoms with Gasteiger partial charge in [-0.15, -0.1) is 0 Å². The van der Waals surface area contributed by atoms with E-state index in [1.165, 1.54) is 0 Å². The Kier molecular flexibility index (Phi) is 6.71. The van der Waals surface area contributed by atoms with Crippen LogP contribution in [0.25, 0.3) is 0 Å². The number of carbonyl (C=O) groups is 1. The third-order valence-corrected chi connectivity index (χ3v) is 4.50. The Labute approximate surface area is 160 Å². The molecule has 1 atom stereocenters. The second-order valence-electron chi connectivity index (χ2n) is 7.00. The summed E-state index contributed by atoms with van der Waals surface area (Å²) in [6.07, 6.45) is 2.34. The molecule has 2 aromatic carbocycles. The highest BCUT2D eigenvalue weighted by atomic mass is 16.5. The third-order valence-electron chi connectivity index (χ3n) is 4.50. The van der Waals surface area contributed by atoms with Gasteiger partial charge >= 0.3 is 0 Å². The molecule has 1 fully saturated rings. The van der Waals surface area contributed by atoms with Crippen LogP contribution in [0.1, 0.15) is 38.2 Å². The van der Waals surface area contributed by atoms with Crippen LogP contribution < -0.4 is 14.8 Å². The van der Waals surface area contributed by atoms with Crippen molar-refractivity contribution in [3.05, 3.63) is 54.1 Å². The Bertz CT molecular complexity index is 736. The van der Waals surface area contributed by atoms with Gasteiger partial charge in [0.25, 0.3) is 5.91 Å². The molecule has 27 heavy (non-hydrogen) atoms. The lowest BCUT2D eigenvalue weighted by atomic mass is 10.0. The quantitative estimate of drug-likeness (QED) is 0.750. The summed E-state index contributed by atoms with van der Waals surface area (Å²) in [6, 6.07) is 15.1. The van der Waals surface area contributed by atoms with E-state index >= 15 is 0 Å². The van der Waals surface area contributed by atoms with E-state index < -0.39 is 0 Å². The molecule has 1 amide bonds. The highest BCUT2D eigenvalue weighted by Gasteiger charge is 2.16. The van der Waals surface area contributed by atoms with Crippen molar-refractivity contribution in [3.63, 3.8) is 0 Å². The van der Waals surface area contributed by atoms with Gasteiger partial charge in [0.1, 0.15) is 18.1 Å². The molecule has 1 N–H and O–H groups in total. The molecule has 3 rings (SSSR count). The van der Waals surface area contributed by atoms with Crippen molar-refractivity contribution in [1.29, 1.82) is 0 Å². The maximum atomic E-state index is 12.2. The third kappa shape index (κ3) is 5.73. The first kappa shape index (κ1) is 19.2. The molecule has 1 aliphatic heterocycles. The molecular formula is C22H27NO4. The summed E-state index contributed by atoms with van der Waals surface area (Å²) in [7, 11) is 0. The van der Waals surface area contributed by atoms with E-state index in [0.717, 1.165) is 36.5 Å². The van der Waals surface area contributed by atoms with Crippen LogP contribution in [0.5, 0.6) is 11.5 Å². The molecule has 0 bridgehead atoms. The van der Waals surface area contributed by atoms with Gasteiger partial charge < -0.3 is 19.5 Å². The lowest BCUT2D eigenvalue weighted by molar-refractivity contribution is -0.118. The standard InChI is InChI=1S/C22H27NO4/c1-16(2)20-7-3-4-8-21(20)27-15-22(24)23-17-9-11-18(12-10-17)26-14-19-6-5-13-25-19/h3-4,7-12,16,19H,5-6,13-15H2,1-2H3,(H,23,24)/t19-/m0/s1. The van der Waals surface area contributed by atoms with E-state index in [1.54, 1.807) is 0 Å². The number of rotatable bonds is 8. The maximum absolute atomic E-state index is 12.2. The fraction of sp³-hybridized carbons (Fsp3) is 0.409. The summed E-state index contributed by atoms with van der Waals surface area (Å²) in [5, 5.41) is 2.84. The molecule has 5 nitrogen and oxygen atoms in total. The van der Waals surface area contributed by atoms with Gasteiger partial charge in [-0.3, -0.25) is 4.79 Å². The fourth-order valence-corrected chi connectivity index (χ4v) is 3.03. The number of para-hydroxylation sites is 1. The minimum atomic E-state index is -0.193. The average molecular weight is 369 g/mol. The van der Waals surface area contributed by atoms with E-state index in [4.69, 9.17) is 14.2 Å². The zero-order valence-corrected chi connectivity index (χ0v) is 15.9. The second-order valence-corrected chi connectivity index (χ2v) is 7.00. The normalized spacial score (nSPS) is 16.3. The lowest BCUT2D eigenvalue weighted by Crippen LogP contribution is -2.20. The van der Waals surface area contributed by atoms with Crippen molar-refractivity contribution >= 4 is 11.6 Å². The van der Waals surface area contributed by atoms with Gasteiger partial charge in [0.15, 0.2) is 6.61 Å². The molecule has 0 unspecified atom stereocenters. The topological polar surface area (TPSA) is 56.8 Å². The molecule has 144 valence electrons. The summed E-state index contributed by atoms with van der Waals surface area (Å²) in [6.45, 7) is 5.56. The predicted molar refractivity (Wildman–Crippen MR) is 106 cm³/mol. The van der Waals surface area contributed by atoms with Crippen LogP contribution in [0.3, 0.4) is 0 Å². The number of nitrogens with one attached hydrogen (secondary N) is 1. The summed E-state index contributed by atoms with van der Waals surface area (Å²) in [5.74, 6) is 1.67. The van der Waals surface area contributed by atoms with Crippen molar-refractivity contribution in [2.45, 2.75) is 38.7 Å². The Balaban J connectivity index is 1.46. The summed E-state index contributed by atoms with van der Waals surface area (Å²) in [5.41, 5.74) is 1.81. The van der Waals surface area contributed by atoms with E-state index in [1.807, 2.05) is 48.5 Å². The molecule has 2 aromatic rings.